The Kier molecular flexibility index (Phi) is 10.6. The highest BCUT2D eigenvalue weighted by Gasteiger charge is 2.10. The number of esters is 1. The summed E-state index contributed by atoms with van der Waals surface area (Å²) in [7, 11) is -4.23. The number of ether oxygens (including phenoxy) is 1. The van der Waals surface area contributed by atoms with Crippen LogP contribution in [0.1, 0.15) is 69.8 Å². The Labute approximate surface area is 180 Å². The van der Waals surface area contributed by atoms with Gasteiger partial charge in [0.25, 0.3) is 10.1 Å². The zero-order chi connectivity index (χ0) is 21.7. The van der Waals surface area contributed by atoms with E-state index >= 15 is 0 Å². The van der Waals surface area contributed by atoms with Crippen LogP contribution < -0.4 is 4.74 Å². The van der Waals surface area contributed by atoms with Gasteiger partial charge in [-0.2, -0.15) is 8.42 Å². The van der Waals surface area contributed by atoms with E-state index in [1.54, 1.807) is 0 Å². The fourth-order valence-electron chi connectivity index (χ4n) is 3.34. The van der Waals surface area contributed by atoms with Crippen LogP contribution in [0.5, 0.6) is 5.75 Å². The molecule has 6 heteroatoms. The van der Waals surface area contributed by atoms with Gasteiger partial charge in [-0.1, -0.05) is 75.3 Å². The van der Waals surface area contributed by atoms with E-state index in [0.29, 0.717) is 6.42 Å². The van der Waals surface area contributed by atoms with Gasteiger partial charge in [0, 0.05) is 6.42 Å². The lowest BCUT2D eigenvalue weighted by molar-refractivity contribution is -0.134. The van der Waals surface area contributed by atoms with Gasteiger partial charge in [0.15, 0.2) is 0 Å². The maximum Gasteiger partial charge on any atom is 0.311 e. The molecule has 0 amide bonds. The lowest BCUT2D eigenvalue weighted by Crippen LogP contribution is -2.07. The fourth-order valence-corrected chi connectivity index (χ4v) is 3.82. The van der Waals surface area contributed by atoms with Crippen LogP contribution >= 0.6 is 0 Å². The SMILES string of the molecule is O=C(CCCCCCCCCCCc1ccccc1)Oc1ccc(S(=O)(=O)O)cc1. The van der Waals surface area contributed by atoms with Gasteiger partial charge in [-0.25, -0.2) is 0 Å². The number of carbonyl (C=O) groups is 1. The van der Waals surface area contributed by atoms with E-state index in [0.717, 1.165) is 19.3 Å². The molecule has 2 aromatic carbocycles. The monoisotopic (exact) mass is 432 g/mol. The maximum atomic E-state index is 11.8. The van der Waals surface area contributed by atoms with Crippen LogP contribution in [0.25, 0.3) is 0 Å². The summed E-state index contributed by atoms with van der Waals surface area (Å²) in [6.07, 6.45) is 12.0. The predicted molar refractivity (Wildman–Crippen MR) is 118 cm³/mol. The van der Waals surface area contributed by atoms with Gasteiger partial charge in [-0.3, -0.25) is 9.35 Å². The van der Waals surface area contributed by atoms with Gasteiger partial charge in [-0.05, 0) is 49.1 Å². The van der Waals surface area contributed by atoms with Crippen molar-refractivity contribution in [2.24, 2.45) is 0 Å². The van der Waals surface area contributed by atoms with Gasteiger partial charge in [0.1, 0.15) is 5.75 Å². The summed E-state index contributed by atoms with van der Waals surface area (Å²) in [5.41, 5.74) is 1.42. The largest absolute Gasteiger partial charge is 0.427 e. The van der Waals surface area contributed by atoms with Gasteiger partial charge >= 0.3 is 5.97 Å². The standard InChI is InChI=1S/C24H32O5S/c25-24(29-22-17-19-23(20-18-22)30(26,27)28)16-12-7-5-3-1-2-4-6-9-13-21-14-10-8-11-15-21/h8,10-11,14-15,17-20H,1-7,9,12-13,16H2,(H,26,27,28). The molecule has 0 saturated heterocycles. The molecule has 0 saturated carbocycles. The van der Waals surface area contributed by atoms with Crippen molar-refractivity contribution in [3.63, 3.8) is 0 Å². The third-order valence-corrected chi connectivity index (χ3v) is 5.91. The predicted octanol–water partition coefficient (Wildman–Crippen LogP) is 5.98. The van der Waals surface area contributed by atoms with E-state index in [-0.39, 0.29) is 16.6 Å². The molecular formula is C24H32O5S. The molecule has 0 unspecified atom stereocenters. The van der Waals surface area contributed by atoms with E-state index in [2.05, 4.69) is 30.3 Å². The lowest BCUT2D eigenvalue weighted by atomic mass is 10.0. The number of unbranched alkanes of at least 4 members (excludes halogenated alkanes) is 8. The van der Waals surface area contributed by atoms with Crippen LogP contribution in [0.3, 0.4) is 0 Å². The van der Waals surface area contributed by atoms with Crippen molar-refractivity contribution in [3.05, 3.63) is 60.2 Å². The summed E-state index contributed by atoms with van der Waals surface area (Å²) in [6, 6.07) is 15.8. The molecule has 2 aromatic rings. The molecular weight excluding hydrogens is 400 g/mol. The molecule has 164 valence electrons. The van der Waals surface area contributed by atoms with Crippen molar-refractivity contribution < 1.29 is 22.5 Å². The van der Waals surface area contributed by atoms with Crippen molar-refractivity contribution in [3.8, 4) is 5.75 Å². The Bertz CT molecular complexity index is 845. The summed E-state index contributed by atoms with van der Waals surface area (Å²) in [6.45, 7) is 0. The number of rotatable bonds is 14. The summed E-state index contributed by atoms with van der Waals surface area (Å²) >= 11 is 0. The lowest BCUT2D eigenvalue weighted by Gasteiger charge is -2.05. The first kappa shape index (κ1) is 24.1. The molecule has 0 heterocycles. The summed E-state index contributed by atoms with van der Waals surface area (Å²) < 4.78 is 36.1. The molecule has 0 aliphatic heterocycles. The quantitative estimate of drug-likeness (QED) is 0.172. The molecule has 0 fully saturated rings. The van der Waals surface area contributed by atoms with Crippen molar-refractivity contribution in [1.29, 1.82) is 0 Å². The summed E-state index contributed by atoms with van der Waals surface area (Å²) in [4.78, 5) is 11.6. The van der Waals surface area contributed by atoms with Crippen LogP contribution in [0.2, 0.25) is 0 Å². The average Bonchev–Trinajstić information content (AvgIpc) is 2.72. The van der Waals surface area contributed by atoms with Crippen LogP contribution in [-0.4, -0.2) is 18.9 Å². The molecule has 0 spiro atoms. The Morgan fingerprint density at radius 1 is 0.733 bits per heavy atom. The van der Waals surface area contributed by atoms with E-state index in [1.165, 1.54) is 74.8 Å². The van der Waals surface area contributed by atoms with Crippen LogP contribution in [-0.2, 0) is 21.3 Å². The highest BCUT2D eigenvalue weighted by molar-refractivity contribution is 7.85. The molecule has 1 N–H and O–H groups in total. The number of aryl methyl sites for hydroxylation is 1. The zero-order valence-corrected chi connectivity index (χ0v) is 18.3. The zero-order valence-electron chi connectivity index (χ0n) is 17.5. The highest BCUT2D eigenvalue weighted by atomic mass is 32.2. The molecule has 0 aliphatic rings. The first-order valence-corrected chi connectivity index (χ1v) is 12.2. The number of benzene rings is 2. The maximum absolute atomic E-state index is 11.8. The second kappa shape index (κ2) is 13.2. The van der Waals surface area contributed by atoms with Crippen LogP contribution in [0, 0.1) is 0 Å². The Balaban J connectivity index is 1.43. The summed E-state index contributed by atoms with van der Waals surface area (Å²) in [5.74, 6) is -0.0484. The minimum atomic E-state index is -4.23. The van der Waals surface area contributed by atoms with Gasteiger partial charge in [-0.15, -0.1) is 0 Å². The van der Waals surface area contributed by atoms with E-state index in [4.69, 9.17) is 9.29 Å². The molecule has 30 heavy (non-hydrogen) atoms. The Morgan fingerprint density at radius 2 is 1.27 bits per heavy atom. The van der Waals surface area contributed by atoms with E-state index < -0.39 is 10.1 Å². The van der Waals surface area contributed by atoms with Crippen molar-refractivity contribution in [2.45, 2.75) is 75.5 Å². The van der Waals surface area contributed by atoms with Crippen molar-refractivity contribution in [1.82, 2.24) is 0 Å². The Hall–Kier alpha value is -2.18. The highest BCUT2D eigenvalue weighted by Crippen LogP contribution is 2.17. The Morgan fingerprint density at radius 3 is 1.83 bits per heavy atom. The smallest absolute Gasteiger partial charge is 0.311 e. The summed E-state index contributed by atoms with van der Waals surface area (Å²) in [5, 5.41) is 0. The first-order chi connectivity index (χ1) is 14.4. The fraction of sp³-hybridized carbons (Fsp3) is 0.458. The topological polar surface area (TPSA) is 80.7 Å². The number of carbonyl (C=O) groups excluding carboxylic acids is 1. The molecule has 0 atom stereocenters. The number of hydrogen-bond donors (Lipinski definition) is 1. The molecule has 0 aliphatic carbocycles. The third-order valence-electron chi connectivity index (χ3n) is 5.04. The average molecular weight is 433 g/mol. The minimum absolute atomic E-state index is 0.224. The second-order valence-electron chi connectivity index (χ2n) is 7.59. The number of hydrogen-bond acceptors (Lipinski definition) is 4. The van der Waals surface area contributed by atoms with Crippen molar-refractivity contribution >= 4 is 16.1 Å². The van der Waals surface area contributed by atoms with Gasteiger partial charge in [0.2, 0.25) is 0 Å². The third kappa shape index (κ3) is 10.0. The second-order valence-corrected chi connectivity index (χ2v) is 9.01. The molecule has 5 nitrogen and oxygen atoms in total. The van der Waals surface area contributed by atoms with E-state index in [1.807, 2.05) is 0 Å². The van der Waals surface area contributed by atoms with Crippen molar-refractivity contribution in [2.75, 3.05) is 0 Å². The normalized spacial score (nSPS) is 11.4. The molecule has 0 aromatic heterocycles. The first-order valence-electron chi connectivity index (χ1n) is 10.8. The molecule has 2 rings (SSSR count). The van der Waals surface area contributed by atoms with Crippen LogP contribution in [0.4, 0.5) is 0 Å². The van der Waals surface area contributed by atoms with Gasteiger partial charge in [0.05, 0.1) is 4.90 Å². The molecule has 0 bridgehead atoms. The van der Waals surface area contributed by atoms with Crippen LogP contribution in [0.15, 0.2) is 59.5 Å². The molecule has 0 radical (unpaired) electrons. The van der Waals surface area contributed by atoms with E-state index in [9.17, 15) is 13.2 Å². The van der Waals surface area contributed by atoms with Gasteiger partial charge < -0.3 is 4.74 Å². The minimum Gasteiger partial charge on any atom is -0.427 e.